The van der Waals surface area contributed by atoms with Gasteiger partial charge in [-0.05, 0) is 0 Å². The van der Waals surface area contributed by atoms with Gasteiger partial charge in [0.2, 0.25) is 0 Å². The Hall–Kier alpha value is -0.601. The molecule has 0 fully saturated rings. The summed E-state index contributed by atoms with van der Waals surface area (Å²) < 4.78 is 0.801. The average molecular weight is 190 g/mol. The first kappa shape index (κ1) is 6.52. The molecule has 1 heterocycles. The summed E-state index contributed by atoms with van der Waals surface area (Å²) in [5.41, 5.74) is 0. The summed E-state index contributed by atoms with van der Waals surface area (Å²) in [6.07, 6.45) is 1.77. The minimum atomic E-state index is -0.792. The molecule has 0 aliphatic heterocycles. The maximum absolute atomic E-state index is 10.1. The van der Waals surface area contributed by atoms with Gasteiger partial charge in [0, 0.05) is 0 Å². The van der Waals surface area contributed by atoms with Crippen LogP contribution >= 0.6 is 0 Å². The molecule has 0 spiro atoms. The molecule has 0 aliphatic rings. The van der Waals surface area contributed by atoms with E-state index >= 15 is 0 Å². The molecule has 0 aromatic carbocycles. The second kappa shape index (κ2) is 2.80. The molecule has 0 radical (unpaired) electrons. The molecule has 1 aromatic heterocycles. The van der Waals surface area contributed by atoms with Crippen molar-refractivity contribution in [2.75, 3.05) is 0 Å². The Labute approximate surface area is 58.1 Å². The molecule has 0 atom stereocenters. The van der Waals surface area contributed by atoms with Gasteiger partial charge in [0.05, 0.1) is 0 Å². The second-order valence-corrected chi connectivity index (χ2v) is 3.55. The molecule has 1 aromatic rings. The Bertz CT molecular complexity index is 195. The van der Waals surface area contributed by atoms with Gasteiger partial charge in [0.1, 0.15) is 0 Å². The summed E-state index contributed by atoms with van der Waals surface area (Å²) >= 11 is 0.207. The zero-order chi connectivity index (χ0) is 6.69. The monoisotopic (exact) mass is 191 g/mol. The summed E-state index contributed by atoms with van der Waals surface area (Å²) in [4.78, 5) is 15.8. The first-order valence-corrected chi connectivity index (χ1v) is 4.24. The normalized spacial score (nSPS) is 9.33. The second-order valence-electron chi connectivity index (χ2n) is 1.50. The number of rotatable bonds is 2. The number of hydrogen-bond donors (Lipinski definition) is 1. The van der Waals surface area contributed by atoms with E-state index in [2.05, 4.69) is 4.98 Å². The quantitative estimate of drug-likeness (QED) is 0.655. The number of aromatic nitrogens is 1. The van der Waals surface area contributed by atoms with E-state index in [1.165, 1.54) is 0 Å². The van der Waals surface area contributed by atoms with Gasteiger partial charge in [-0.3, -0.25) is 0 Å². The van der Waals surface area contributed by atoms with Gasteiger partial charge >= 0.3 is 57.5 Å². The molecule has 0 saturated carbocycles. The Balaban J connectivity index is 2.58. The Morgan fingerprint density at radius 1 is 1.89 bits per heavy atom. The SMILES string of the molecule is O=C(O)Cc1ncc[se]1. The molecule has 1 N–H and O–H groups in total. The van der Waals surface area contributed by atoms with Crippen molar-refractivity contribution in [2.24, 2.45) is 0 Å². The van der Waals surface area contributed by atoms with Crippen LogP contribution in [-0.4, -0.2) is 30.6 Å². The van der Waals surface area contributed by atoms with E-state index in [1.54, 1.807) is 6.20 Å². The molecule has 48 valence electrons. The van der Waals surface area contributed by atoms with Crippen molar-refractivity contribution in [3.63, 3.8) is 0 Å². The van der Waals surface area contributed by atoms with Crippen LogP contribution in [0.3, 0.4) is 0 Å². The fourth-order valence-electron chi connectivity index (χ4n) is 0.470. The van der Waals surface area contributed by atoms with Gasteiger partial charge in [-0.2, -0.15) is 0 Å². The Kier molecular flexibility index (Phi) is 2.03. The van der Waals surface area contributed by atoms with Gasteiger partial charge in [-0.25, -0.2) is 0 Å². The zero-order valence-corrected chi connectivity index (χ0v) is 6.29. The molecule has 3 nitrogen and oxygen atoms in total. The molecule has 4 heteroatoms. The number of carbonyl (C=O) groups is 1. The van der Waals surface area contributed by atoms with Crippen molar-refractivity contribution in [1.82, 2.24) is 4.98 Å². The van der Waals surface area contributed by atoms with Crippen molar-refractivity contribution in [2.45, 2.75) is 6.42 Å². The number of carboxylic acids is 1. The van der Waals surface area contributed by atoms with Gasteiger partial charge < -0.3 is 0 Å². The Morgan fingerprint density at radius 3 is 3.11 bits per heavy atom. The van der Waals surface area contributed by atoms with Crippen molar-refractivity contribution in [1.29, 1.82) is 0 Å². The summed E-state index contributed by atoms with van der Waals surface area (Å²) in [5, 5.41) is 8.28. The van der Waals surface area contributed by atoms with E-state index in [1.807, 2.05) is 4.94 Å². The predicted molar refractivity (Wildman–Crippen MR) is 32.5 cm³/mol. The van der Waals surface area contributed by atoms with E-state index in [4.69, 9.17) is 5.11 Å². The van der Waals surface area contributed by atoms with Crippen LogP contribution in [0.5, 0.6) is 0 Å². The van der Waals surface area contributed by atoms with E-state index in [0.29, 0.717) is 0 Å². The van der Waals surface area contributed by atoms with E-state index in [-0.39, 0.29) is 20.9 Å². The van der Waals surface area contributed by atoms with Crippen LogP contribution < -0.4 is 0 Å². The molecule has 0 aliphatic carbocycles. The molecule has 0 bridgehead atoms. The van der Waals surface area contributed by atoms with Crippen LogP contribution in [0.15, 0.2) is 11.1 Å². The summed E-state index contributed by atoms with van der Waals surface area (Å²) in [5.74, 6) is -0.792. The molecule has 1 rings (SSSR count). The zero-order valence-electron chi connectivity index (χ0n) is 4.57. The van der Waals surface area contributed by atoms with Crippen molar-refractivity contribution >= 4 is 20.5 Å². The van der Waals surface area contributed by atoms with Crippen LogP contribution in [0.2, 0.25) is 0 Å². The van der Waals surface area contributed by atoms with Crippen LogP contribution in [0.4, 0.5) is 0 Å². The molecule has 0 amide bonds. The first-order valence-electron chi connectivity index (χ1n) is 2.39. The number of hydrogen-bond acceptors (Lipinski definition) is 2. The molecular weight excluding hydrogens is 185 g/mol. The number of aliphatic carboxylic acids is 1. The molecule has 0 unspecified atom stereocenters. The number of carboxylic acid groups (broad SMARTS) is 1. The third-order valence-electron chi connectivity index (χ3n) is 0.786. The van der Waals surface area contributed by atoms with Crippen molar-refractivity contribution in [3.8, 4) is 0 Å². The van der Waals surface area contributed by atoms with E-state index in [0.717, 1.165) is 4.57 Å². The van der Waals surface area contributed by atoms with Gasteiger partial charge in [0.15, 0.2) is 0 Å². The summed E-state index contributed by atoms with van der Waals surface area (Å²) in [7, 11) is 0. The fraction of sp³-hybridized carbons (Fsp3) is 0.200. The van der Waals surface area contributed by atoms with E-state index in [9.17, 15) is 4.79 Å². The number of nitrogens with zero attached hydrogens (tertiary/aromatic N) is 1. The third-order valence-corrected chi connectivity index (χ3v) is 2.42. The van der Waals surface area contributed by atoms with Crippen LogP contribution in [0, 0.1) is 0 Å². The van der Waals surface area contributed by atoms with Crippen LogP contribution in [0.25, 0.3) is 0 Å². The van der Waals surface area contributed by atoms with E-state index < -0.39 is 5.97 Å². The van der Waals surface area contributed by atoms with Crippen molar-refractivity contribution in [3.05, 3.63) is 15.7 Å². The van der Waals surface area contributed by atoms with Gasteiger partial charge in [0.25, 0.3) is 0 Å². The summed E-state index contributed by atoms with van der Waals surface area (Å²) in [6.45, 7) is 0. The topological polar surface area (TPSA) is 50.2 Å². The van der Waals surface area contributed by atoms with Crippen molar-refractivity contribution < 1.29 is 9.90 Å². The summed E-state index contributed by atoms with van der Waals surface area (Å²) in [6, 6.07) is 0. The third kappa shape index (κ3) is 1.99. The fourth-order valence-corrected chi connectivity index (χ4v) is 1.74. The van der Waals surface area contributed by atoms with Crippen LogP contribution in [-0.2, 0) is 11.2 Å². The maximum atomic E-state index is 10.1. The van der Waals surface area contributed by atoms with Crippen LogP contribution in [0.1, 0.15) is 4.57 Å². The minimum absolute atomic E-state index is 0.104. The van der Waals surface area contributed by atoms with Gasteiger partial charge in [-0.15, -0.1) is 0 Å². The molecule has 0 saturated heterocycles. The predicted octanol–water partition coefficient (Wildman–Crippen LogP) is -0.234. The molecular formula is C5H5NO2Se. The molecule has 9 heavy (non-hydrogen) atoms. The standard InChI is InChI=1S/C5H5NO2Se/c7-5(8)3-4-6-1-2-9-4/h1-2H,3H2,(H,7,8). The first-order chi connectivity index (χ1) is 4.29. The Morgan fingerprint density at radius 2 is 2.67 bits per heavy atom. The average Bonchev–Trinajstić information content (AvgIpc) is 2.15. The van der Waals surface area contributed by atoms with Gasteiger partial charge in [-0.1, -0.05) is 0 Å².